The molecule has 2 rings (SSSR count). The minimum absolute atomic E-state index is 0.105. The third-order valence-corrected chi connectivity index (χ3v) is 5.08. The van der Waals surface area contributed by atoms with Gasteiger partial charge in [0.2, 0.25) is 0 Å². The van der Waals surface area contributed by atoms with Crippen molar-refractivity contribution < 1.29 is 14.7 Å². The highest BCUT2D eigenvalue weighted by atomic mass is 16.4. The lowest BCUT2D eigenvalue weighted by atomic mass is 9.84. The van der Waals surface area contributed by atoms with E-state index in [4.69, 9.17) is 5.11 Å². The Hall–Kier alpha value is -1.26. The van der Waals surface area contributed by atoms with E-state index >= 15 is 0 Å². The second-order valence-electron chi connectivity index (χ2n) is 6.54. The van der Waals surface area contributed by atoms with Crippen LogP contribution in [0.5, 0.6) is 0 Å². The van der Waals surface area contributed by atoms with Crippen molar-refractivity contribution >= 4 is 12.0 Å². The molecule has 0 bridgehead atoms. The maximum Gasteiger partial charge on any atom is 0.323 e. The first-order chi connectivity index (χ1) is 10.1. The summed E-state index contributed by atoms with van der Waals surface area (Å²) in [4.78, 5) is 25.0. The molecular formula is C16H28N2O3. The normalized spacial score (nSPS) is 26.5. The van der Waals surface area contributed by atoms with Gasteiger partial charge in [-0.1, -0.05) is 26.2 Å². The van der Waals surface area contributed by atoms with Gasteiger partial charge < -0.3 is 15.3 Å². The van der Waals surface area contributed by atoms with E-state index in [1.54, 1.807) is 4.90 Å². The van der Waals surface area contributed by atoms with E-state index in [9.17, 15) is 9.59 Å². The van der Waals surface area contributed by atoms with Crippen molar-refractivity contribution in [3.63, 3.8) is 0 Å². The number of carbonyl (C=O) groups is 2. The van der Waals surface area contributed by atoms with Gasteiger partial charge in [0, 0.05) is 12.1 Å². The zero-order valence-corrected chi connectivity index (χ0v) is 13.0. The molecule has 0 unspecified atom stereocenters. The van der Waals surface area contributed by atoms with Crippen LogP contribution >= 0.6 is 0 Å². The molecule has 0 aliphatic heterocycles. The molecule has 2 aliphatic carbocycles. The van der Waals surface area contributed by atoms with Crippen LogP contribution < -0.4 is 5.32 Å². The van der Waals surface area contributed by atoms with Gasteiger partial charge in [-0.3, -0.25) is 4.79 Å². The number of aliphatic carboxylic acids is 1. The topological polar surface area (TPSA) is 69.6 Å². The van der Waals surface area contributed by atoms with Crippen LogP contribution in [0.15, 0.2) is 0 Å². The summed E-state index contributed by atoms with van der Waals surface area (Å²) < 4.78 is 0. The Morgan fingerprint density at radius 1 is 1.10 bits per heavy atom. The van der Waals surface area contributed by atoms with Gasteiger partial charge >= 0.3 is 12.0 Å². The first-order valence-corrected chi connectivity index (χ1v) is 8.39. The Balaban J connectivity index is 1.87. The minimum atomic E-state index is -0.924. The Labute approximate surface area is 127 Å². The summed E-state index contributed by atoms with van der Waals surface area (Å²) in [5, 5.41) is 12.1. The molecule has 0 aromatic heterocycles. The highest BCUT2D eigenvalue weighted by molar-refractivity contribution is 5.80. The van der Waals surface area contributed by atoms with E-state index in [0.29, 0.717) is 0 Å². The summed E-state index contributed by atoms with van der Waals surface area (Å²) in [6.45, 7) is 2.04. The summed E-state index contributed by atoms with van der Waals surface area (Å²) in [5.41, 5.74) is 0. The lowest BCUT2D eigenvalue weighted by Gasteiger charge is -2.33. The Kier molecular flexibility index (Phi) is 5.88. The maximum absolute atomic E-state index is 12.4. The minimum Gasteiger partial charge on any atom is -0.480 e. The molecule has 5 nitrogen and oxygen atoms in total. The third kappa shape index (κ3) is 4.61. The van der Waals surface area contributed by atoms with Crippen molar-refractivity contribution in [1.82, 2.24) is 10.2 Å². The molecule has 2 saturated carbocycles. The van der Waals surface area contributed by atoms with Gasteiger partial charge in [-0.2, -0.15) is 0 Å². The number of hydrogen-bond donors (Lipinski definition) is 2. The molecular weight excluding hydrogens is 268 g/mol. The molecule has 21 heavy (non-hydrogen) atoms. The van der Waals surface area contributed by atoms with E-state index in [0.717, 1.165) is 44.4 Å². The van der Waals surface area contributed by atoms with Crippen LogP contribution in [-0.2, 0) is 4.79 Å². The van der Waals surface area contributed by atoms with Crippen LogP contribution in [0, 0.1) is 5.92 Å². The number of carboxylic acid groups (broad SMARTS) is 1. The molecule has 2 fully saturated rings. The van der Waals surface area contributed by atoms with E-state index in [1.165, 1.54) is 19.3 Å². The second-order valence-corrected chi connectivity index (χ2v) is 6.54. The van der Waals surface area contributed by atoms with Crippen molar-refractivity contribution in [3.05, 3.63) is 0 Å². The molecule has 0 radical (unpaired) electrons. The number of rotatable bonds is 5. The van der Waals surface area contributed by atoms with Crippen molar-refractivity contribution in [2.24, 2.45) is 5.92 Å². The van der Waals surface area contributed by atoms with Gasteiger partial charge in [0.25, 0.3) is 0 Å². The molecule has 0 spiro atoms. The molecule has 2 amide bonds. The highest BCUT2D eigenvalue weighted by Gasteiger charge is 2.30. The van der Waals surface area contributed by atoms with Crippen LogP contribution in [0.3, 0.4) is 0 Å². The number of nitrogens with one attached hydrogen (secondary N) is 1. The molecule has 0 atom stereocenters. The van der Waals surface area contributed by atoms with Gasteiger partial charge in [0.1, 0.15) is 6.54 Å². The summed E-state index contributed by atoms with van der Waals surface area (Å²) in [6, 6.07) is 0.148. The first kappa shape index (κ1) is 16.1. The van der Waals surface area contributed by atoms with Crippen LogP contribution in [0.25, 0.3) is 0 Å². The van der Waals surface area contributed by atoms with Crippen molar-refractivity contribution in [3.8, 4) is 0 Å². The molecule has 2 N–H and O–H groups in total. The van der Waals surface area contributed by atoms with Gasteiger partial charge in [-0.25, -0.2) is 4.79 Å². The highest BCUT2D eigenvalue weighted by Crippen LogP contribution is 2.27. The van der Waals surface area contributed by atoms with Crippen LogP contribution in [0.4, 0.5) is 4.79 Å². The molecule has 120 valence electrons. The van der Waals surface area contributed by atoms with E-state index in [-0.39, 0.29) is 24.7 Å². The van der Waals surface area contributed by atoms with Crippen molar-refractivity contribution in [2.45, 2.75) is 76.8 Å². The fraction of sp³-hybridized carbons (Fsp3) is 0.875. The molecule has 0 aromatic carbocycles. The molecule has 0 aromatic rings. The lowest BCUT2D eigenvalue weighted by molar-refractivity contribution is -0.138. The standard InChI is InChI=1S/C16H28N2O3/c1-2-12-7-9-13(10-8-12)17-16(21)18(11-15(19)20)14-5-3-4-6-14/h12-14H,2-11H2,1H3,(H,17,21)(H,19,20). The maximum atomic E-state index is 12.4. The van der Waals surface area contributed by atoms with Crippen molar-refractivity contribution in [2.75, 3.05) is 6.54 Å². The molecule has 0 heterocycles. The summed E-state index contributed by atoms with van der Waals surface area (Å²) in [5.74, 6) is -0.130. The van der Waals surface area contributed by atoms with E-state index in [2.05, 4.69) is 12.2 Å². The van der Waals surface area contributed by atoms with Crippen LogP contribution in [0.1, 0.15) is 64.7 Å². The van der Waals surface area contributed by atoms with Gasteiger partial charge in [0.15, 0.2) is 0 Å². The number of urea groups is 1. The number of amides is 2. The SMILES string of the molecule is CCC1CCC(NC(=O)N(CC(=O)O)C2CCCC2)CC1. The number of carboxylic acids is 1. The summed E-state index contributed by atoms with van der Waals surface area (Å²) in [6.07, 6.45) is 9.66. The van der Waals surface area contributed by atoms with E-state index < -0.39 is 5.97 Å². The van der Waals surface area contributed by atoms with Crippen LogP contribution in [-0.4, -0.2) is 40.6 Å². The number of carbonyl (C=O) groups excluding carboxylic acids is 1. The zero-order valence-electron chi connectivity index (χ0n) is 13.0. The predicted octanol–water partition coefficient (Wildman–Crippen LogP) is 2.99. The monoisotopic (exact) mass is 296 g/mol. The predicted molar refractivity (Wildman–Crippen MR) is 81.2 cm³/mol. The number of nitrogens with zero attached hydrogens (tertiary/aromatic N) is 1. The largest absolute Gasteiger partial charge is 0.480 e. The summed E-state index contributed by atoms with van der Waals surface area (Å²) in [7, 11) is 0. The van der Waals surface area contributed by atoms with Crippen molar-refractivity contribution in [1.29, 1.82) is 0 Å². The molecule has 2 aliphatic rings. The van der Waals surface area contributed by atoms with Crippen LogP contribution in [0.2, 0.25) is 0 Å². The van der Waals surface area contributed by atoms with E-state index in [1.807, 2.05) is 0 Å². The third-order valence-electron chi connectivity index (χ3n) is 5.08. The van der Waals surface area contributed by atoms with Gasteiger partial charge in [-0.15, -0.1) is 0 Å². The quantitative estimate of drug-likeness (QED) is 0.819. The van der Waals surface area contributed by atoms with Gasteiger partial charge in [0.05, 0.1) is 0 Å². The molecule has 5 heteroatoms. The summed E-state index contributed by atoms with van der Waals surface area (Å²) >= 11 is 0. The Bertz CT molecular complexity index is 359. The average Bonchev–Trinajstić information content (AvgIpc) is 2.99. The van der Waals surface area contributed by atoms with Gasteiger partial charge in [-0.05, 0) is 44.4 Å². The molecule has 0 saturated heterocycles. The number of hydrogen-bond acceptors (Lipinski definition) is 2. The lowest BCUT2D eigenvalue weighted by Crippen LogP contribution is -2.51. The second kappa shape index (κ2) is 7.66. The fourth-order valence-electron chi connectivity index (χ4n) is 3.70. The zero-order chi connectivity index (χ0) is 15.2. The first-order valence-electron chi connectivity index (χ1n) is 8.39. The fourth-order valence-corrected chi connectivity index (χ4v) is 3.70. The Morgan fingerprint density at radius 2 is 1.71 bits per heavy atom. The average molecular weight is 296 g/mol. The Morgan fingerprint density at radius 3 is 2.24 bits per heavy atom. The smallest absolute Gasteiger partial charge is 0.323 e.